The number of nitrogens with zero attached hydrogens (tertiary/aromatic N) is 4. The molecule has 2 atom stereocenters. The summed E-state index contributed by atoms with van der Waals surface area (Å²) in [7, 11) is 0. The predicted octanol–water partition coefficient (Wildman–Crippen LogP) is 2.67. The van der Waals surface area contributed by atoms with E-state index in [0.717, 1.165) is 15.8 Å². The first kappa shape index (κ1) is 28.6. The topological polar surface area (TPSA) is 190 Å². The van der Waals surface area contributed by atoms with Crippen LogP contribution in [0.2, 0.25) is 0 Å². The first-order valence-electron chi connectivity index (χ1n) is 14.4. The highest BCUT2D eigenvalue weighted by atomic mass is 16.4. The number of amides is 5. The van der Waals surface area contributed by atoms with Crippen LogP contribution in [-0.2, 0) is 27.3 Å². The van der Waals surface area contributed by atoms with Crippen molar-refractivity contribution in [3.8, 4) is 0 Å². The number of furan rings is 1. The van der Waals surface area contributed by atoms with Crippen molar-refractivity contribution in [3.63, 3.8) is 0 Å². The zero-order chi connectivity index (χ0) is 31.8. The highest BCUT2D eigenvalue weighted by Gasteiger charge is 2.45. The molecule has 7 rings (SSSR count). The van der Waals surface area contributed by atoms with Crippen molar-refractivity contribution in [2.24, 2.45) is 0 Å². The SMILES string of the molecule is O=C1CCC(N2C(=O)c3cccc(NCc4nnc(CC(=O)NC(c5cccnc5)c5cc6ccccc6o5)o4)c3C2=O)C(=O)N1. The normalized spacial score (nSPS) is 16.8. The number of carbonyl (C=O) groups is 5. The van der Waals surface area contributed by atoms with Crippen LogP contribution >= 0.6 is 0 Å². The monoisotopic (exact) mass is 619 g/mol. The lowest BCUT2D eigenvalue weighted by Crippen LogP contribution is -2.54. The second-order valence-electron chi connectivity index (χ2n) is 10.8. The molecule has 3 aromatic heterocycles. The van der Waals surface area contributed by atoms with Gasteiger partial charge in [-0.25, -0.2) is 0 Å². The van der Waals surface area contributed by atoms with Gasteiger partial charge in [0.1, 0.15) is 29.8 Å². The highest BCUT2D eigenvalue weighted by molar-refractivity contribution is 6.25. The molecule has 5 aromatic rings. The molecule has 14 heteroatoms. The van der Waals surface area contributed by atoms with Gasteiger partial charge in [0.05, 0.1) is 17.7 Å². The molecule has 46 heavy (non-hydrogen) atoms. The molecular formula is C32H25N7O7. The van der Waals surface area contributed by atoms with Gasteiger partial charge in [-0.05, 0) is 36.8 Å². The second kappa shape index (κ2) is 11.7. The van der Waals surface area contributed by atoms with Crippen LogP contribution in [0.25, 0.3) is 11.0 Å². The van der Waals surface area contributed by atoms with Gasteiger partial charge in [0.15, 0.2) is 0 Å². The molecule has 2 aliphatic rings. The van der Waals surface area contributed by atoms with E-state index in [9.17, 15) is 24.0 Å². The number of carbonyl (C=O) groups excluding carboxylic acids is 5. The molecular weight excluding hydrogens is 594 g/mol. The van der Waals surface area contributed by atoms with Crippen LogP contribution in [0.15, 0.2) is 81.9 Å². The van der Waals surface area contributed by atoms with Crippen LogP contribution < -0.4 is 16.0 Å². The lowest BCUT2D eigenvalue weighted by atomic mass is 10.0. The number of nitrogens with one attached hydrogen (secondary N) is 3. The van der Waals surface area contributed by atoms with E-state index in [1.807, 2.05) is 36.4 Å². The van der Waals surface area contributed by atoms with Crippen molar-refractivity contribution in [3.05, 3.63) is 107 Å². The maximum atomic E-state index is 13.3. The molecule has 3 N–H and O–H groups in total. The molecule has 2 aromatic carbocycles. The van der Waals surface area contributed by atoms with Crippen LogP contribution in [0.1, 0.15) is 62.7 Å². The molecule has 5 heterocycles. The van der Waals surface area contributed by atoms with Crippen molar-refractivity contribution in [2.75, 3.05) is 5.32 Å². The number of fused-ring (bicyclic) bond motifs is 2. The van der Waals surface area contributed by atoms with Crippen molar-refractivity contribution < 1.29 is 32.8 Å². The van der Waals surface area contributed by atoms with Crippen LogP contribution in [0.3, 0.4) is 0 Å². The minimum Gasteiger partial charge on any atom is -0.459 e. The fourth-order valence-electron chi connectivity index (χ4n) is 5.62. The fourth-order valence-corrected chi connectivity index (χ4v) is 5.62. The molecule has 0 radical (unpaired) electrons. The van der Waals surface area contributed by atoms with E-state index >= 15 is 0 Å². The predicted molar refractivity (Wildman–Crippen MR) is 159 cm³/mol. The number of rotatable bonds is 9. The Morgan fingerprint density at radius 3 is 2.63 bits per heavy atom. The minimum atomic E-state index is -1.08. The molecule has 5 amide bonds. The Bertz CT molecular complexity index is 1990. The Labute approximate surface area is 260 Å². The van der Waals surface area contributed by atoms with Gasteiger partial charge in [0, 0.05) is 35.5 Å². The Hall–Kier alpha value is -6.18. The van der Waals surface area contributed by atoms with Gasteiger partial charge in [0.25, 0.3) is 11.8 Å². The first-order chi connectivity index (χ1) is 22.4. The van der Waals surface area contributed by atoms with Crippen LogP contribution in [0, 0.1) is 0 Å². The summed E-state index contributed by atoms with van der Waals surface area (Å²) in [6, 6.07) is 16.0. The standard InChI is InChI=1S/C32H25N7O7/c40-24-11-10-21(30(42)36-24)39-31(43)19-7-3-8-20(28(19)32(39)44)34-16-27-38-37-26(46-27)14-25(41)35-29(18-6-4-12-33-15-18)23-13-17-5-1-2-9-22(17)45-23/h1-9,12-13,15,21,29,34H,10-11,14,16H2,(H,35,41)(H,36,40,42). The molecule has 2 unspecified atom stereocenters. The Morgan fingerprint density at radius 1 is 0.978 bits per heavy atom. The molecule has 0 spiro atoms. The fraction of sp³-hybridized carbons (Fsp3) is 0.188. The summed E-state index contributed by atoms with van der Waals surface area (Å²) in [5.41, 5.74) is 1.98. The van der Waals surface area contributed by atoms with Gasteiger partial charge in [-0.1, -0.05) is 30.3 Å². The number of aromatic nitrogens is 3. The van der Waals surface area contributed by atoms with Gasteiger partial charge in [0.2, 0.25) is 29.5 Å². The number of imide groups is 2. The van der Waals surface area contributed by atoms with E-state index in [4.69, 9.17) is 8.83 Å². The third-order valence-electron chi connectivity index (χ3n) is 7.77. The van der Waals surface area contributed by atoms with Crippen molar-refractivity contribution in [1.29, 1.82) is 0 Å². The Balaban J connectivity index is 1.03. The van der Waals surface area contributed by atoms with E-state index in [0.29, 0.717) is 17.0 Å². The van der Waals surface area contributed by atoms with Crippen LogP contribution in [0.5, 0.6) is 0 Å². The van der Waals surface area contributed by atoms with E-state index in [-0.39, 0.29) is 48.7 Å². The van der Waals surface area contributed by atoms with Crippen molar-refractivity contribution >= 4 is 46.2 Å². The maximum Gasteiger partial charge on any atom is 0.264 e. The van der Waals surface area contributed by atoms with Gasteiger partial charge < -0.3 is 19.5 Å². The quantitative estimate of drug-likeness (QED) is 0.206. The smallest absolute Gasteiger partial charge is 0.264 e. The summed E-state index contributed by atoms with van der Waals surface area (Å²) < 4.78 is 11.7. The molecule has 2 aliphatic heterocycles. The van der Waals surface area contributed by atoms with E-state index in [1.54, 1.807) is 30.6 Å². The number of piperidine rings is 1. The number of pyridine rings is 1. The Kier molecular flexibility index (Phi) is 7.28. The number of hydrogen-bond acceptors (Lipinski definition) is 11. The summed E-state index contributed by atoms with van der Waals surface area (Å²) in [5.74, 6) is -2.04. The highest BCUT2D eigenvalue weighted by Crippen LogP contribution is 2.33. The van der Waals surface area contributed by atoms with Crippen molar-refractivity contribution in [2.45, 2.75) is 37.9 Å². The number of para-hydroxylation sites is 1. The molecule has 0 bridgehead atoms. The molecule has 14 nitrogen and oxygen atoms in total. The summed E-state index contributed by atoms with van der Waals surface area (Å²) in [6.45, 7) is -0.0117. The first-order valence-corrected chi connectivity index (χ1v) is 14.4. The van der Waals surface area contributed by atoms with E-state index in [2.05, 4.69) is 31.1 Å². The van der Waals surface area contributed by atoms with E-state index in [1.165, 1.54) is 6.07 Å². The largest absolute Gasteiger partial charge is 0.459 e. The number of benzene rings is 2. The summed E-state index contributed by atoms with van der Waals surface area (Å²) in [4.78, 5) is 68.6. The third kappa shape index (κ3) is 5.36. The van der Waals surface area contributed by atoms with Gasteiger partial charge in [-0.15, -0.1) is 10.2 Å². The Morgan fingerprint density at radius 2 is 1.83 bits per heavy atom. The summed E-state index contributed by atoms with van der Waals surface area (Å²) >= 11 is 0. The molecule has 0 aliphatic carbocycles. The van der Waals surface area contributed by atoms with Gasteiger partial charge >= 0.3 is 0 Å². The minimum absolute atomic E-state index is 0.0117. The van der Waals surface area contributed by atoms with Crippen molar-refractivity contribution in [1.82, 2.24) is 30.7 Å². The lowest BCUT2D eigenvalue weighted by molar-refractivity contribution is -0.136. The number of hydrogen-bond donors (Lipinski definition) is 3. The maximum absolute atomic E-state index is 13.3. The third-order valence-corrected chi connectivity index (χ3v) is 7.77. The lowest BCUT2D eigenvalue weighted by Gasteiger charge is -2.27. The van der Waals surface area contributed by atoms with Gasteiger partial charge in [-0.2, -0.15) is 0 Å². The van der Waals surface area contributed by atoms with Gasteiger partial charge in [-0.3, -0.25) is 39.2 Å². The average Bonchev–Trinajstić information content (AvgIpc) is 3.76. The summed E-state index contributed by atoms with van der Waals surface area (Å²) in [6.07, 6.45) is 3.16. The number of anilines is 1. The van der Waals surface area contributed by atoms with E-state index < -0.39 is 41.6 Å². The van der Waals surface area contributed by atoms with Crippen LogP contribution in [-0.4, -0.2) is 55.7 Å². The molecule has 1 fully saturated rings. The average molecular weight is 620 g/mol. The molecule has 0 saturated carbocycles. The molecule has 1 saturated heterocycles. The van der Waals surface area contributed by atoms with Crippen LogP contribution in [0.4, 0.5) is 5.69 Å². The second-order valence-corrected chi connectivity index (χ2v) is 10.8. The zero-order valence-electron chi connectivity index (χ0n) is 24.1. The summed E-state index contributed by atoms with van der Waals surface area (Å²) in [5, 5.41) is 17.1. The molecule has 230 valence electrons. The zero-order valence-corrected chi connectivity index (χ0v) is 24.1.